The molecule has 2 atom stereocenters. The van der Waals surface area contributed by atoms with Gasteiger partial charge in [0.15, 0.2) is 93.1 Å². The summed E-state index contributed by atoms with van der Waals surface area (Å²) in [7, 11) is 0. The van der Waals surface area contributed by atoms with Crippen LogP contribution < -0.4 is 0 Å². The van der Waals surface area contributed by atoms with E-state index >= 15 is 0 Å². The molecule has 0 bridgehead atoms. The third kappa shape index (κ3) is 28.0. The van der Waals surface area contributed by atoms with Gasteiger partial charge in [-0.1, -0.05) is 294 Å². The van der Waals surface area contributed by atoms with E-state index in [9.17, 15) is 74.6 Å². The largest absolute Gasteiger partial charge is 0.205 e. The van der Waals surface area contributed by atoms with Crippen LogP contribution in [0.3, 0.4) is 0 Å². The Morgan fingerprint density at radius 3 is 0.712 bits per heavy atom. The van der Waals surface area contributed by atoms with E-state index in [0.29, 0.717) is 96.7 Å². The first kappa shape index (κ1) is 113. The number of halogens is 18. The maximum Gasteiger partial charge on any atom is 0.167 e. The molecule has 18 heteroatoms. The van der Waals surface area contributed by atoms with Crippen molar-refractivity contribution in [2.45, 2.75) is 319 Å². The standard InChI is InChI=1S/2C20H20F4.C20H28F2.2C20H22F2.C14H16ClF.C14H16F2.6H2/c2*1-11-3-6-13(7-4-11)14-9-10-16(20(24)18(14)22)15-8-5-12(2)17(21)19(15)23;3*1-13-3-6-15(7-4-13)16-8-10-17(11-9-16)18-12-5-14(2)19(21)20(18)22;2*1-9-3-6-11(7-4-9)12-8-5-10(2)13(15)14(12)16;;;;;;/h2*5,8-11,13H,3-4,6-7H2,1-2H3;5,12-13,15-17H,3-4,6-11H2,1-2H3;2*5,8-13,15H,3-4,6-7H2,1-2H3;2*5-6,8-9H,3-4,7H2,1-2H3;6*1H. The first-order valence-electron chi connectivity index (χ1n) is 53.3. The highest BCUT2D eigenvalue weighted by Crippen LogP contribution is 2.49. The molecule has 6 fully saturated rings. The van der Waals surface area contributed by atoms with Crippen LogP contribution in [-0.2, 0) is 0 Å². The van der Waals surface area contributed by atoms with E-state index < -0.39 is 93.1 Å². The minimum absolute atomic E-state index is 0. The average molecular weight is 2050 g/mol. The fourth-order valence-corrected chi connectivity index (χ4v) is 22.8. The fourth-order valence-electron chi connectivity index (χ4n) is 22.7. The minimum atomic E-state index is -1.15. The lowest BCUT2D eigenvalue weighted by Crippen LogP contribution is -2.25. The van der Waals surface area contributed by atoms with Crippen molar-refractivity contribution in [3.8, 4) is 44.5 Å². The summed E-state index contributed by atoms with van der Waals surface area (Å²) < 4.78 is 238. The average Bonchev–Trinajstić information content (AvgIpc) is 1.31. The molecule has 0 N–H and O–H groups in total. The van der Waals surface area contributed by atoms with E-state index in [-0.39, 0.29) is 70.5 Å². The second kappa shape index (κ2) is 52.0. The van der Waals surface area contributed by atoms with Gasteiger partial charge in [-0.3, -0.25) is 0 Å². The molecule has 8 aliphatic rings. The van der Waals surface area contributed by atoms with E-state index in [4.69, 9.17) is 11.6 Å². The number of hydrogen-bond acceptors (Lipinski definition) is 0. The molecule has 0 saturated heterocycles. The highest BCUT2D eigenvalue weighted by atomic mass is 35.5. The Bertz CT molecular complexity index is 6020. The Balaban J connectivity index is 0.000000239. The van der Waals surface area contributed by atoms with Gasteiger partial charge in [0.1, 0.15) is 5.82 Å². The van der Waals surface area contributed by atoms with Gasteiger partial charge in [0.05, 0.1) is 5.02 Å². The molecule has 8 aliphatic carbocycles. The van der Waals surface area contributed by atoms with E-state index in [1.165, 1.54) is 163 Å². The molecule has 19 rings (SSSR count). The fraction of sp³-hybridized carbons (Fsp3) is 0.453. The van der Waals surface area contributed by atoms with Gasteiger partial charge in [0, 0.05) is 53.1 Å². The van der Waals surface area contributed by atoms with Crippen LogP contribution in [0.15, 0.2) is 170 Å². The summed E-state index contributed by atoms with van der Waals surface area (Å²) in [5.74, 6) is -6.06. The normalized spacial score (nSPS) is 23.0. The van der Waals surface area contributed by atoms with Crippen LogP contribution in [0.25, 0.3) is 55.7 Å². The Morgan fingerprint density at radius 2 is 0.404 bits per heavy atom. The smallest absolute Gasteiger partial charge is 0.167 e. The van der Waals surface area contributed by atoms with Gasteiger partial charge < -0.3 is 0 Å². The lowest BCUT2D eigenvalue weighted by molar-refractivity contribution is 0.164. The number of benzene rings is 11. The summed E-state index contributed by atoms with van der Waals surface area (Å²) in [5.41, 5.74) is 10.8. The lowest BCUT2D eigenvalue weighted by atomic mass is 9.68. The third-order valence-corrected chi connectivity index (χ3v) is 33.5. The summed E-state index contributed by atoms with van der Waals surface area (Å²) in [6, 6.07) is 44.2. The number of hydrogen-bond donors (Lipinski definition) is 0. The van der Waals surface area contributed by atoms with Crippen LogP contribution in [0.4, 0.5) is 74.6 Å². The number of rotatable bonds is 12. The van der Waals surface area contributed by atoms with Crippen molar-refractivity contribution in [3.05, 3.63) is 352 Å². The van der Waals surface area contributed by atoms with Gasteiger partial charge in [0.2, 0.25) is 0 Å². The van der Waals surface area contributed by atoms with Crippen molar-refractivity contribution >= 4 is 22.7 Å². The molecule has 0 nitrogen and oxygen atoms in total. The molecular weight excluding hydrogens is 1900 g/mol. The second-order valence-electron chi connectivity index (χ2n) is 44.0. The molecule has 0 aromatic heterocycles. The number of aryl methyl sites for hydroxylation is 7. The van der Waals surface area contributed by atoms with E-state index in [2.05, 4.69) is 78.8 Å². The highest BCUT2D eigenvalue weighted by Gasteiger charge is 2.35. The first-order chi connectivity index (χ1) is 69.7. The van der Waals surface area contributed by atoms with E-state index in [0.717, 1.165) is 160 Å². The van der Waals surface area contributed by atoms with Crippen LogP contribution in [0, 0.1) is 201 Å². The molecule has 0 radical (unpaired) electrons. The Hall–Kier alpha value is -10.0. The van der Waals surface area contributed by atoms with Crippen molar-refractivity contribution in [1.82, 2.24) is 0 Å². The zero-order valence-corrected chi connectivity index (χ0v) is 88.0. The van der Waals surface area contributed by atoms with Crippen LogP contribution in [0.1, 0.15) is 357 Å². The molecule has 0 spiro atoms. The summed E-state index contributed by atoms with van der Waals surface area (Å²) in [6.07, 6.45) is 37.5. The van der Waals surface area contributed by atoms with Gasteiger partial charge in [-0.05, 0) is 349 Å². The zero-order valence-electron chi connectivity index (χ0n) is 87.3. The predicted octanol–water partition coefficient (Wildman–Crippen LogP) is 42.8. The second-order valence-corrected chi connectivity index (χ2v) is 44.4. The summed E-state index contributed by atoms with van der Waals surface area (Å²) in [5, 5.41) is 0.261. The topological polar surface area (TPSA) is 0 Å². The van der Waals surface area contributed by atoms with Crippen molar-refractivity contribution < 1.29 is 83.2 Å². The maximum atomic E-state index is 14.5. The highest BCUT2D eigenvalue weighted by molar-refractivity contribution is 6.31. The van der Waals surface area contributed by atoms with Gasteiger partial charge in [-0.15, -0.1) is 0 Å². The summed E-state index contributed by atoms with van der Waals surface area (Å²) in [6.45, 7) is 26.8. The molecule has 0 amide bonds. The van der Waals surface area contributed by atoms with Crippen LogP contribution in [-0.4, -0.2) is 0 Å². The molecule has 146 heavy (non-hydrogen) atoms. The van der Waals surface area contributed by atoms with Crippen LogP contribution in [0.5, 0.6) is 0 Å². The van der Waals surface area contributed by atoms with Gasteiger partial charge >= 0.3 is 0 Å². The maximum absolute atomic E-state index is 14.5. The summed E-state index contributed by atoms with van der Waals surface area (Å²) in [4.78, 5) is 0. The summed E-state index contributed by atoms with van der Waals surface area (Å²) >= 11 is 5.93. The third-order valence-electron chi connectivity index (χ3n) is 33.1. The zero-order chi connectivity index (χ0) is 105. The molecule has 0 aliphatic heterocycles. The molecule has 11 aromatic rings. The molecule has 0 heterocycles. The molecule has 11 aromatic carbocycles. The Morgan fingerprint density at radius 1 is 0.192 bits per heavy atom. The van der Waals surface area contributed by atoms with Crippen molar-refractivity contribution in [2.24, 2.45) is 53.3 Å². The van der Waals surface area contributed by atoms with Crippen molar-refractivity contribution in [2.75, 3.05) is 0 Å². The molecule has 2 unspecified atom stereocenters. The quantitative estimate of drug-likeness (QED) is 0.107. The Labute approximate surface area is 869 Å². The Kier molecular flexibility index (Phi) is 40.3. The van der Waals surface area contributed by atoms with E-state index in [1.54, 1.807) is 76.2 Å². The van der Waals surface area contributed by atoms with Crippen molar-refractivity contribution in [1.29, 1.82) is 0 Å². The molecule has 794 valence electrons. The van der Waals surface area contributed by atoms with Crippen LogP contribution >= 0.6 is 11.6 Å². The van der Waals surface area contributed by atoms with E-state index in [1.807, 2.05) is 49.4 Å². The van der Waals surface area contributed by atoms with Gasteiger partial charge in [0.25, 0.3) is 0 Å². The van der Waals surface area contributed by atoms with Gasteiger partial charge in [-0.25, -0.2) is 74.6 Å². The van der Waals surface area contributed by atoms with Crippen molar-refractivity contribution in [3.63, 3.8) is 0 Å². The lowest BCUT2D eigenvalue weighted by Gasteiger charge is -2.37. The number of allylic oxidation sites excluding steroid dienone is 4. The predicted molar refractivity (Wildman–Crippen MR) is 576 cm³/mol. The van der Waals surface area contributed by atoms with Crippen LogP contribution in [0.2, 0.25) is 5.02 Å². The molecule has 6 saturated carbocycles. The first-order valence-corrected chi connectivity index (χ1v) is 53.7. The molecular formula is C128H156ClF17. The minimum Gasteiger partial charge on any atom is -0.205 e. The SMILES string of the molecule is Cc1ccc(-c2ccc(C3CCC(C)CC3)c(F)c2F)c(F)c1F.Cc1ccc(-c2ccc(C3CCC(C)CC3)c(F)c2F)c(F)c1F.Cc1ccc(-c2ccc(C3CCC(C)CC3)cc2)c(F)c1F.Cc1ccc(-c2ccc(C3CCC(C)CC3)cc2)c(F)c1F.Cc1ccc(C2=CCC(C)CC2)c(F)c1Cl.Cc1ccc(C2=CCC(C)CC2)c(F)c1F.Cc1ccc(C2CCC(C3CCC(C)CC3)CC2)c(F)c1F.[HH].[HH].[HH].[HH].[HH].[HH]. The van der Waals surface area contributed by atoms with Gasteiger partial charge in [-0.2, -0.15) is 0 Å². The monoisotopic (exact) mass is 2050 g/mol.